The summed E-state index contributed by atoms with van der Waals surface area (Å²) in [6.07, 6.45) is 0.676. The highest BCUT2D eigenvalue weighted by molar-refractivity contribution is 6.20. The molecule has 1 aliphatic heterocycles. The molecule has 7 heteroatoms. The minimum absolute atomic E-state index is 0.0335. The molecule has 0 atom stereocenters. The maximum atomic E-state index is 12.3. The highest BCUT2D eigenvalue weighted by Gasteiger charge is 2.32. The fourth-order valence-electron chi connectivity index (χ4n) is 2.85. The number of ketones is 1. The molecule has 0 saturated carbocycles. The van der Waals surface area contributed by atoms with E-state index in [4.69, 9.17) is 9.47 Å². The van der Waals surface area contributed by atoms with E-state index >= 15 is 0 Å². The molecule has 150 valence electrons. The van der Waals surface area contributed by atoms with Crippen LogP contribution in [-0.4, -0.2) is 37.4 Å². The number of esters is 1. The van der Waals surface area contributed by atoms with Gasteiger partial charge in [-0.05, 0) is 36.6 Å². The van der Waals surface area contributed by atoms with Crippen molar-refractivity contribution in [3.05, 3.63) is 77.2 Å². The first-order valence-electron chi connectivity index (χ1n) is 9.25. The fraction of sp³-hybridized carbons (Fsp3) is 0.227. The van der Waals surface area contributed by atoms with Crippen LogP contribution in [0.15, 0.2) is 66.1 Å². The molecule has 7 nitrogen and oxygen atoms in total. The Morgan fingerprint density at radius 3 is 2.55 bits per heavy atom. The van der Waals surface area contributed by atoms with Gasteiger partial charge >= 0.3 is 5.97 Å². The molecule has 0 aromatic heterocycles. The van der Waals surface area contributed by atoms with Gasteiger partial charge in [0, 0.05) is 12.2 Å². The van der Waals surface area contributed by atoms with E-state index in [9.17, 15) is 14.4 Å². The summed E-state index contributed by atoms with van der Waals surface area (Å²) in [4.78, 5) is 36.3. The van der Waals surface area contributed by atoms with E-state index in [2.05, 4.69) is 10.6 Å². The standard InChI is InChI=1S/C22H22N2O5/c1-15-7-5-6-8-16(15)11-12-23-19(26)14-29-22(27)20-18(25)13-28-21(20)24-17-9-3-2-4-10-17/h2-10,24H,11-14H2,1H3,(H,23,26). The SMILES string of the molecule is Cc1ccccc1CCNC(=O)COC(=O)C1=C(Nc2ccccc2)OCC1=O. The zero-order valence-corrected chi connectivity index (χ0v) is 16.1. The predicted octanol–water partition coefficient (Wildman–Crippen LogP) is 2.12. The molecule has 0 fully saturated rings. The summed E-state index contributed by atoms with van der Waals surface area (Å²) in [6.45, 7) is 1.71. The summed E-state index contributed by atoms with van der Waals surface area (Å²) in [5.41, 5.74) is 2.73. The van der Waals surface area contributed by atoms with Crippen molar-refractivity contribution >= 4 is 23.3 Å². The second kappa shape index (κ2) is 9.54. The van der Waals surface area contributed by atoms with Crippen LogP contribution >= 0.6 is 0 Å². The van der Waals surface area contributed by atoms with Crippen molar-refractivity contribution in [1.82, 2.24) is 5.32 Å². The van der Waals surface area contributed by atoms with E-state index in [1.807, 2.05) is 37.3 Å². The van der Waals surface area contributed by atoms with Gasteiger partial charge in [0.05, 0.1) is 0 Å². The van der Waals surface area contributed by atoms with E-state index in [0.29, 0.717) is 18.7 Å². The Kier molecular flexibility index (Phi) is 6.63. The van der Waals surface area contributed by atoms with Crippen molar-refractivity contribution in [3.63, 3.8) is 0 Å². The van der Waals surface area contributed by atoms with Gasteiger partial charge in [0.15, 0.2) is 18.8 Å². The van der Waals surface area contributed by atoms with Crippen LogP contribution < -0.4 is 10.6 Å². The molecule has 0 aliphatic carbocycles. The number of amides is 1. The Bertz CT molecular complexity index is 937. The van der Waals surface area contributed by atoms with Crippen LogP contribution in [0.4, 0.5) is 5.69 Å². The lowest BCUT2D eigenvalue weighted by Gasteiger charge is -2.10. The number of rotatable bonds is 8. The van der Waals surface area contributed by atoms with Crippen LogP contribution in [-0.2, 0) is 30.3 Å². The van der Waals surface area contributed by atoms with Gasteiger partial charge in [0.1, 0.15) is 0 Å². The van der Waals surface area contributed by atoms with E-state index < -0.39 is 24.3 Å². The van der Waals surface area contributed by atoms with Gasteiger partial charge in [0.25, 0.3) is 5.91 Å². The van der Waals surface area contributed by atoms with Crippen LogP contribution in [0.1, 0.15) is 11.1 Å². The monoisotopic (exact) mass is 394 g/mol. The Hall–Kier alpha value is -3.61. The van der Waals surface area contributed by atoms with Crippen molar-refractivity contribution in [3.8, 4) is 0 Å². The number of Topliss-reactive ketones (excluding diaryl/α,β-unsaturated/α-hetero) is 1. The number of carbonyl (C=O) groups excluding carboxylic acids is 3. The number of ether oxygens (including phenoxy) is 2. The first-order chi connectivity index (χ1) is 14.0. The summed E-state index contributed by atoms with van der Waals surface area (Å²) in [5, 5.41) is 5.59. The third-order valence-electron chi connectivity index (χ3n) is 4.40. The van der Waals surface area contributed by atoms with E-state index in [0.717, 1.165) is 11.1 Å². The average Bonchev–Trinajstić information content (AvgIpc) is 3.08. The lowest BCUT2D eigenvalue weighted by atomic mass is 10.1. The van der Waals surface area contributed by atoms with E-state index in [-0.39, 0.29) is 18.1 Å². The first kappa shape index (κ1) is 20.1. The molecule has 1 aliphatic rings. The van der Waals surface area contributed by atoms with E-state index in [1.54, 1.807) is 24.3 Å². The maximum absolute atomic E-state index is 12.3. The molecule has 0 unspecified atom stereocenters. The molecule has 1 heterocycles. The summed E-state index contributed by atoms with van der Waals surface area (Å²) in [5.74, 6) is -1.78. The fourth-order valence-corrected chi connectivity index (χ4v) is 2.85. The Morgan fingerprint density at radius 2 is 1.79 bits per heavy atom. The minimum atomic E-state index is -0.889. The average molecular weight is 394 g/mol. The summed E-state index contributed by atoms with van der Waals surface area (Å²) >= 11 is 0. The van der Waals surface area contributed by atoms with Crippen LogP contribution in [0.25, 0.3) is 0 Å². The van der Waals surface area contributed by atoms with Gasteiger partial charge in [-0.25, -0.2) is 4.79 Å². The van der Waals surface area contributed by atoms with Crippen molar-refractivity contribution in [1.29, 1.82) is 0 Å². The van der Waals surface area contributed by atoms with E-state index in [1.165, 1.54) is 0 Å². The predicted molar refractivity (Wildman–Crippen MR) is 107 cm³/mol. The summed E-state index contributed by atoms with van der Waals surface area (Å²) in [6, 6.07) is 16.9. The normalized spacial score (nSPS) is 13.1. The second-order valence-electron chi connectivity index (χ2n) is 6.51. The maximum Gasteiger partial charge on any atom is 0.347 e. The molecule has 1 amide bonds. The zero-order valence-electron chi connectivity index (χ0n) is 16.1. The molecule has 2 aromatic carbocycles. The molecule has 0 spiro atoms. The van der Waals surface area contributed by atoms with Crippen molar-refractivity contribution in [2.24, 2.45) is 0 Å². The topological polar surface area (TPSA) is 93.7 Å². The molecular formula is C22H22N2O5. The quantitative estimate of drug-likeness (QED) is 0.526. The number of hydrogen-bond donors (Lipinski definition) is 2. The number of anilines is 1. The summed E-state index contributed by atoms with van der Waals surface area (Å²) in [7, 11) is 0. The third-order valence-corrected chi connectivity index (χ3v) is 4.40. The Labute approximate surface area is 168 Å². The Balaban J connectivity index is 1.50. The van der Waals surface area contributed by atoms with Gasteiger partial charge in [-0.15, -0.1) is 0 Å². The van der Waals surface area contributed by atoms with Crippen LogP contribution in [0, 0.1) is 6.92 Å². The van der Waals surface area contributed by atoms with Crippen LogP contribution in [0.2, 0.25) is 0 Å². The van der Waals surface area contributed by atoms with Gasteiger partial charge in [-0.2, -0.15) is 0 Å². The number of carbonyl (C=O) groups is 3. The molecule has 2 N–H and O–H groups in total. The number of nitrogens with one attached hydrogen (secondary N) is 2. The lowest BCUT2D eigenvalue weighted by Crippen LogP contribution is -2.31. The molecule has 0 bridgehead atoms. The van der Waals surface area contributed by atoms with Gasteiger partial charge < -0.3 is 20.1 Å². The number of para-hydroxylation sites is 1. The largest absolute Gasteiger partial charge is 0.470 e. The smallest absolute Gasteiger partial charge is 0.347 e. The molecular weight excluding hydrogens is 372 g/mol. The molecule has 0 saturated heterocycles. The first-order valence-corrected chi connectivity index (χ1v) is 9.25. The van der Waals surface area contributed by atoms with Crippen LogP contribution in [0.5, 0.6) is 0 Å². The highest BCUT2D eigenvalue weighted by atomic mass is 16.5. The van der Waals surface area contributed by atoms with Crippen molar-refractivity contribution in [2.45, 2.75) is 13.3 Å². The molecule has 29 heavy (non-hydrogen) atoms. The Morgan fingerprint density at radius 1 is 1.07 bits per heavy atom. The van der Waals surface area contributed by atoms with Gasteiger partial charge in [-0.1, -0.05) is 42.5 Å². The second-order valence-corrected chi connectivity index (χ2v) is 6.51. The molecule has 3 rings (SSSR count). The number of hydrogen-bond acceptors (Lipinski definition) is 6. The third kappa shape index (κ3) is 5.44. The summed E-state index contributed by atoms with van der Waals surface area (Å²) < 4.78 is 10.3. The van der Waals surface area contributed by atoms with Crippen molar-refractivity contribution < 1.29 is 23.9 Å². The zero-order chi connectivity index (χ0) is 20.6. The molecule has 2 aromatic rings. The lowest BCUT2D eigenvalue weighted by molar-refractivity contribution is -0.145. The van der Waals surface area contributed by atoms with Crippen LogP contribution in [0.3, 0.4) is 0 Å². The van der Waals surface area contributed by atoms with Gasteiger partial charge in [0.2, 0.25) is 11.7 Å². The minimum Gasteiger partial charge on any atom is -0.470 e. The highest BCUT2D eigenvalue weighted by Crippen LogP contribution is 2.20. The molecule has 0 radical (unpaired) electrons. The van der Waals surface area contributed by atoms with Gasteiger partial charge in [-0.3, -0.25) is 9.59 Å². The number of aryl methyl sites for hydroxylation is 1. The van der Waals surface area contributed by atoms with Crippen molar-refractivity contribution in [2.75, 3.05) is 25.1 Å². The number of benzene rings is 2.